The van der Waals surface area contributed by atoms with Gasteiger partial charge in [-0.2, -0.15) is 0 Å². The van der Waals surface area contributed by atoms with Crippen molar-refractivity contribution in [1.29, 1.82) is 0 Å². The van der Waals surface area contributed by atoms with E-state index in [1.54, 1.807) is 7.11 Å². The molecule has 1 rings (SSSR count). The van der Waals surface area contributed by atoms with Crippen molar-refractivity contribution in [3.8, 4) is 0 Å². The molecule has 0 saturated heterocycles. The van der Waals surface area contributed by atoms with Crippen LogP contribution < -0.4 is 5.73 Å². The molecular formula is C12H20N2O. The van der Waals surface area contributed by atoms with Crippen molar-refractivity contribution in [1.82, 2.24) is 4.98 Å². The highest BCUT2D eigenvalue weighted by molar-refractivity contribution is 5.22. The van der Waals surface area contributed by atoms with Gasteiger partial charge in [-0.3, -0.25) is 4.98 Å². The van der Waals surface area contributed by atoms with E-state index in [1.807, 2.05) is 26.2 Å². The van der Waals surface area contributed by atoms with Crippen molar-refractivity contribution in [2.45, 2.75) is 38.8 Å². The molecule has 3 heteroatoms. The second-order valence-electron chi connectivity index (χ2n) is 4.14. The van der Waals surface area contributed by atoms with Crippen LogP contribution in [0.3, 0.4) is 0 Å². The standard InChI is InChI=1S/C12H20N2O/c1-5-12(3,15-4)11(13)10-6-9(2)7-14-8-10/h6-8,11H,5,13H2,1-4H3. The largest absolute Gasteiger partial charge is 0.377 e. The molecule has 3 nitrogen and oxygen atoms in total. The summed E-state index contributed by atoms with van der Waals surface area (Å²) in [5, 5.41) is 0. The maximum absolute atomic E-state index is 6.20. The Balaban J connectivity index is 2.97. The molecule has 0 fully saturated rings. The van der Waals surface area contributed by atoms with Crippen LogP contribution in [0, 0.1) is 6.92 Å². The number of ether oxygens (including phenoxy) is 1. The molecule has 1 aromatic rings. The normalized spacial score (nSPS) is 17.1. The van der Waals surface area contributed by atoms with Gasteiger partial charge in [0.15, 0.2) is 0 Å². The van der Waals surface area contributed by atoms with E-state index < -0.39 is 0 Å². The highest BCUT2D eigenvalue weighted by Gasteiger charge is 2.30. The Morgan fingerprint density at radius 2 is 2.20 bits per heavy atom. The van der Waals surface area contributed by atoms with Gasteiger partial charge in [0, 0.05) is 19.5 Å². The second kappa shape index (κ2) is 4.73. The Hall–Kier alpha value is -0.930. The van der Waals surface area contributed by atoms with E-state index in [0.717, 1.165) is 17.5 Å². The first-order valence-electron chi connectivity index (χ1n) is 5.25. The Bertz CT molecular complexity index is 321. The number of pyridine rings is 1. The fraction of sp³-hybridized carbons (Fsp3) is 0.583. The molecule has 0 aliphatic rings. The third-order valence-electron chi connectivity index (χ3n) is 3.08. The summed E-state index contributed by atoms with van der Waals surface area (Å²) in [4.78, 5) is 4.15. The molecule has 0 aromatic carbocycles. The zero-order valence-corrected chi connectivity index (χ0v) is 9.95. The smallest absolute Gasteiger partial charge is 0.0840 e. The van der Waals surface area contributed by atoms with Crippen molar-refractivity contribution in [2.24, 2.45) is 5.73 Å². The molecule has 0 radical (unpaired) electrons. The van der Waals surface area contributed by atoms with Crippen molar-refractivity contribution >= 4 is 0 Å². The average molecular weight is 208 g/mol. The molecule has 15 heavy (non-hydrogen) atoms. The summed E-state index contributed by atoms with van der Waals surface area (Å²) in [6, 6.07) is 1.92. The predicted molar refractivity (Wildman–Crippen MR) is 61.6 cm³/mol. The number of hydrogen-bond donors (Lipinski definition) is 1. The number of methoxy groups -OCH3 is 1. The van der Waals surface area contributed by atoms with Crippen LogP contribution in [-0.4, -0.2) is 17.7 Å². The minimum Gasteiger partial charge on any atom is -0.377 e. The van der Waals surface area contributed by atoms with E-state index in [4.69, 9.17) is 10.5 Å². The van der Waals surface area contributed by atoms with E-state index in [9.17, 15) is 0 Å². The molecule has 84 valence electrons. The fourth-order valence-electron chi connectivity index (χ4n) is 1.59. The van der Waals surface area contributed by atoms with Gasteiger partial charge in [0.1, 0.15) is 0 Å². The van der Waals surface area contributed by atoms with Crippen molar-refractivity contribution in [3.63, 3.8) is 0 Å². The van der Waals surface area contributed by atoms with Crippen molar-refractivity contribution in [2.75, 3.05) is 7.11 Å². The molecule has 0 saturated carbocycles. The highest BCUT2D eigenvalue weighted by atomic mass is 16.5. The minimum absolute atomic E-state index is 0.139. The van der Waals surface area contributed by atoms with Gasteiger partial charge in [0.25, 0.3) is 0 Å². The number of nitrogens with two attached hydrogens (primary N) is 1. The van der Waals surface area contributed by atoms with Gasteiger partial charge in [0.2, 0.25) is 0 Å². The summed E-state index contributed by atoms with van der Waals surface area (Å²) in [6.45, 7) is 6.12. The lowest BCUT2D eigenvalue weighted by Crippen LogP contribution is -2.39. The first kappa shape index (κ1) is 12.1. The molecule has 2 N–H and O–H groups in total. The van der Waals surface area contributed by atoms with E-state index >= 15 is 0 Å². The summed E-state index contributed by atoms with van der Waals surface area (Å²) in [7, 11) is 1.70. The lowest BCUT2D eigenvalue weighted by Gasteiger charge is -2.33. The van der Waals surface area contributed by atoms with E-state index in [0.29, 0.717) is 0 Å². The summed E-state index contributed by atoms with van der Waals surface area (Å²) in [5.74, 6) is 0. The van der Waals surface area contributed by atoms with E-state index in [-0.39, 0.29) is 11.6 Å². The van der Waals surface area contributed by atoms with Crippen LogP contribution >= 0.6 is 0 Å². The number of aryl methyl sites for hydroxylation is 1. The quantitative estimate of drug-likeness (QED) is 0.825. The van der Waals surface area contributed by atoms with Crippen LogP contribution in [0.15, 0.2) is 18.5 Å². The maximum atomic E-state index is 6.20. The van der Waals surface area contributed by atoms with Crippen molar-refractivity contribution < 1.29 is 4.74 Å². The Labute approximate surface area is 91.7 Å². The lowest BCUT2D eigenvalue weighted by molar-refractivity contribution is -0.0195. The van der Waals surface area contributed by atoms with Gasteiger partial charge in [-0.25, -0.2) is 0 Å². The molecule has 0 aliphatic carbocycles. The van der Waals surface area contributed by atoms with Crippen LogP contribution in [0.1, 0.15) is 37.4 Å². The molecule has 0 aliphatic heterocycles. The molecule has 0 amide bonds. The lowest BCUT2D eigenvalue weighted by atomic mass is 9.89. The van der Waals surface area contributed by atoms with Gasteiger partial charge >= 0.3 is 0 Å². The predicted octanol–water partition coefficient (Wildman–Crippen LogP) is 2.20. The SMILES string of the molecule is CCC(C)(OC)C(N)c1cncc(C)c1. The van der Waals surface area contributed by atoms with Gasteiger partial charge in [0.05, 0.1) is 11.6 Å². The van der Waals surface area contributed by atoms with E-state index in [1.165, 1.54) is 0 Å². The second-order valence-corrected chi connectivity index (χ2v) is 4.14. The molecule has 0 spiro atoms. The van der Waals surface area contributed by atoms with Gasteiger partial charge < -0.3 is 10.5 Å². The van der Waals surface area contributed by atoms with Crippen molar-refractivity contribution in [3.05, 3.63) is 29.6 Å². The first-order chi connectivity index (χ1) is 7.03. The van der Waals surface area contributed by atoms with Crippen LogP contribution in [0.25, 0.3) is 0 Å². The average Bonchev–Trinajstić information content (AvgIpc) is 2.27. The summed E-state index contributed by atoms with van der Waals surface area (Å²) < 4.78 is 5.49. The van der Waals surface area contributed by atoms with Gasteiger partial charge in [-0.05, 0) is 31.4 Å². The number of aromatic nitrogens is 1. The highest BCUT2D eigenvalue weighted by Crippen LogP contribution is 2.29. The number of hydrogen-bond acceptors (Lipinski definition) is 3. The third kappa shape index (κ3) is 2.55. The molecule has 2 atom stereocenters. The van der Waals surface area contributed by atoms with Crippen LogP contribution in [0.5, 0.6) is 0 Å². The molecule has 2 unspecified atom stereocenters. The first-order valence-corrected chi connectivity index (χ1v) is 5.25. The number of rotatable bonds is 4. The molecular weight excluding hydrogens is 188 g/mol. The molecule has 1 heterocycles. The minimum atomic E-state index is -0.324. The summed E-state index contributed by atoms with van der Waals surface area (Å²) in [6.07, 6.45) is 4.51. The summed E-state index contributed by atoms with van der Waals surface area (Å²) >= 11 is 0. The summed E-state index contributed by atoms with van der Waals surface area (Å²) in [5.41, 5.74) is 8.03. The Kier molecular flexibility index (Phi) is 3.83. The van der Waals surface area contributed by atoms with E-state index in [2.05, 4.69) is 18.0 Å². The van der Waals surface area contributed by atoms with Gasteiger partial charge in [-0.15, -0.1) is 0 Å². The van der Waals surface area contributed by atoms with Gasteiger partial charge in [-0.1, -0.05) is 13.0 Å². The topological polar surface area (TPSA) is 48.1 Å². The Morgan fingerprint density at radius 1 is 1.53 bits per heavy atom. The third-order valence-corrected chi connectivity index (χ3v) is 3.08. The molecule has 1 aromatic heterocycles. The maximum Gasteiger partial charge on any atom is 0.0840 e. The fourth-order valence-corrected chi connectivity index (χ4v) is 1.59. The van der Waals surface area contributed by atoms with Crippen LogP contribution in [0.4, 0.5) is 0 Å². The van der Waals surface area contributed by atoms with Crippen LogP contribution in [-0.2, 0) is 4.74 Å². The zero-order chi connectivity index (χ0) is 11.5. The Morgan fingerprint density at radius 3 is 2.67 bits per heavy atom. The van der Waals surface area contributed by atoms with Crippen LogP contribution in [0.2, 0.25) is 0 Å². The monoisotopic (exact) mass is 208 g/mol. The zero-order valence-electron chi connectivity index (χ0n) is 9.95. The molecule has 0 bridgehead atoms. The number of nitrogens with zero attached hydrogens (tertiary/aromatic N) is 1.